The zero-order valence-corrected chi connectivity index (χ0v) is 9.56. The summed E-state index contributed by atoms with van der Waals surface area (Å²) in [6.07, 6.45) is 0. The SMILES string of the molecule is COc1cc(=O)n(CC(N)=O)nc1C(C)C. The van der Waals surface area contributed by atoms with Gasteiger partial charge in [0.1, 0.15) is 18.0 Å². The van der Waals surface area contributed by atoms with Crippen LogP contribution in [0.2, 0.25) is 0 Å². The summed E-state index contributed by atoms with van der Waals surface area (Å²) in [6, 6.07) is 1.31. The number of carbonyl (C=O) groups is 1. The highest BCUT2D eigenvalue weighted by Gasteiger charge is 2.13. The minimum Gasteiger partial charge on any atom is -0.495 e. The summed E-state index contributed by atoms with van der Waals surface area (Å²) in [4.78, 5) is 22.3. The monoisotopic (exact) mass is 225 g/mol. The molecule has 0 radical (unpaired) electrons. The van der Waals surface area contributed by atoms with Gasteiger partial charge in [-0.05, 0) is 0 Å². The summed E-state index contributed by atoms with van der Waals surface area (Å²) in [6.45, 7) is 3.62. The molecule has 0 aliphatic carbocycles. The number of hydrogen-bond acceptors (Lipinski definition) is 4. The van der Waals surface area contributed by atoms with Crippen molar-refractivity contribution < 1.29 is 9.53 Å². The molecule has 1 aromatic rings. The molecule has 1 amide bonds. The summed E-state index contributed by atoms with van der Waals surface area (Å²) in [5.74, 6) is -0.0788. The first-order chi connectivity index (χ1) is 7.45. The van der Waals surface area contributed by atoms with E-state index in [0.717, 1.165) is 4.68 Å². The van der Waals surface area contributed by atoms with Gasteiger partial charge in [-0.2, -0.15) is 5.10 Å². The Hall–Kier alpha value is -1.85. The molecule has 0 saturated heterocycles. The maximum atomic E-state index is 11.5. The van der Waals surface area contributed by atoms with Gasteiger partial charge in [0, 0.05) is 12.0 Å². The van der Waals surface area contributed by atoms with Gasteiger partial charge in [0.05, 0.1) is 7.11 Å². The number of aromatic nitrogens is 2. The van der Waals surface area contributed by atoms with Gasteiger partial charge in [0.15, 0.2) is 0 Å². The van der Waals surface area contributed by atoms with Crippen molar-refractivity contribution in [3.63, 3.8) is 0 Å². The molecular formula is C10H15N3O3. The minimum atomic E-state index is -0.602. The van der Waals surface area contributed by atoms with Crippen LogP contribution in [-0.4, -0.2) is 22.8 Å². The third-order valence-corrected chi connectivity index (χ3v) is 2.06. The van der Waals surface area contributed by atoms with Gasteiger partial charge in [0.25, 0.3) is 5.56 Å². The van der Waals surface area contributed by atoms with Gasteiger partial charge in [0.2, 0.25) is 5.91 Å². The summed E-state index contributed by atoms with van der Waals surface area (Å²) in [7, 11) is 1.47. The van der Waals surface area contributed by atoms with Crippen LogP contribution in [0.4, 0.5) is 0 Å². The van der Waals surface area contributed by atoms with Crippen molar-refractivity contribution in [1.82, 2.24) is 9.78 Å². The van der Waals surface area contributed by atoms with E-state index in [1.807, 2.05) is 13.8 Å². The average Bonchev–Trinajstić information content (AvgIpc) is 2.19. The quantitative estimate of drug-likeness (QED) is 0.772. The Bertz CT molecular complexity index is 451. The lowest BCUT2D eigenvalue weighted by Crippen LogP contribution is -2.30. The third kappa shape index (κ3) is 2.59. The summed E-state index contributed by atoms with van der Waals surface area (Å²) >= 11 is 0. The normalized spacial score (nSPS) is 10.5. The van der Waals surface area contributed by atoms with Crippen LogP contribution in [0.25, 0.3) is 0 Å². The Labute approximate surface area is 93.0 Å². The van der Waals surface area contributed by atoms with Crippen LogP contribution >= 0.6 is 0 Å². The molecule has 0 aliphatic rings. The highest BCUT2D eigenvalue weighted by molar-refractivity contribution is 5.73. The first-order valence-corrected chi connectivity index (χ1v) is 4.90. The molecule has 6 nitrogen and oxygen atoms in total. The molecule has 1 rings (SSSR count). The molecule has 0 fully saturated rings. The topological polar surface area (TPSA) is 87.2 Å². The number of hydrogen-bond donors (Lipinski definition) is 1. The first kappa shape index (κ1) is 12.2. The number of methoxy groups -OCH3 is 1. The molecule has 0 bridgehead atoms. The number of amides is 1. The summed E-state index contributed by atoms with van der Waals surface area (Å²) < 4.78 is 6.10. The fraction of sp³-hybridized carbons (Fsp3) is 0.500. The van der Waals surface area contributed by atoms with Crippen LogP contribution < -0.4 is 16.0 Å². The first-order valence-electron chi connectivity index (χ1n) is 4.90. The van der Waals surface area contributed by atoms with Gasteiger partial charge < -0.3 is 10.5 Å². The van der Waals surface area contributed by atoms with Crippen molar-refractivity contribution in [2.45, 2.75) is 26.3 Å². The van der Waals surface area contributed by atoms with E-state index in [-0.39, 0.29) is 12.5 Å². The van der Waals surface area contributed by atoms with E-state index < -0.39 is 11.5 Å². The van der Waals surface area contributed by atoms with Gasteiger partial charge >= 0.3 is 0 Å². The molecule has 1 aromatic heterocycles. The molecule has 0 aromatic carbocycles. The summed E-state index contributed by atoms with van der Waals surface area (Å²) in [5, 5.41) is 4.06. The van der Waals surface area contributed by atoms with Gasteiger partial charge in [-0.3, -0.25) is 9.59 Å². The van der Waals surface area contributed by atoms with E-state index in [1.54, 1.807) is 0 Å². The molecule has 88 valence electrons. The molecule has 16 heavy (non-hydrogen) atoms. The highest BCUT2D eigenvalue weighted by Crippen LogP contribution is 2.21. The Morgan fingerprint density at radius 1 is 1.62 bits per heavy atom. The van der Waals surface area contributed by atoms with Crippen molar-refractivity contribution >= 4 is 5.91 Å². The molecule has 0 unspecified atom stereocenters. The van der Waals surface area contributed by atoms with Crippen LogP contribution in [0.3, 0.4) is 0 Å². The van der Waals surface area contributed by atoms with Crippen molar-refractivity contribution in [3.05, 3.63) is 22.1 Å². The lowest BCUT2D eigenvalue weighted by Gasteiger charge is -2.12. The highest BCUT2D eigenvalue weighted by atomic mass is 16.5. The van der Waals surface area contributed by atoms with Crippen LogP contribution in [0.15, 0.2) is 10.9 Å². The number of primary amides is 1. The van der Waals surface area contributed by atoms with E-state index in [9.17, 15) is 9.59 Å². The largest absolute Gasteiger partial charge is 0.495 e. The predicted molar refractivity (Wildman–Crippen MR) is 58.3 cm³/mol. The lowest BCUT2D eigenvalue weighted by atomic mass is 10.1. The van der Waals surface area contributed by atoms with E-state index in [4.69, 9.17) is 10.5 Å². The number of carbonyl (C=O) groups excluding carboxylic acids is 1. The Balaban J connectivity index is 3.27. The molecule has 0 saturated carbocycles. The van der Waals surface area contributed by atoms with Crippen LogP contribution in [0.5, 0.6) is 5.75 Å². The standard InChI is InChI=1S/C10H15N3O3/c1-6(2)10-7(16-3)4-9(15)13(12-10)5-8(11)14/h4,6H,5H2,1-3H3,(H2,11,14). The smallest absolute Gasteiger partial charge is 0.270 e. The fourth-order valence-electron chi connectivity index (χ4n) is 1.31. The third-order valence-electron chi connectivity index (χ3n) is 2.06. The molecule has 6 heteroatoms. The Kier molecular flexibility index (Phi) is 3.65. The molecule has 2 N–H and O–H groups in total. The number of rotatable bonds is 4. The van der Waals surface area contributed by atoms with Crippen molar-refractivity contribution in [3.8, 4) is 5.75 Å². The zero-order valence-electron chi connectivity index (χ0n) is 9.56. The predicted octanol–water partition coefficient (Wildman–Crippen LogP) is -0.139. The number of nitrogens with zero attached hydrogens (tertiary/aromatic N) is 2. The van der Waals surface area contributed by atoms with Crippen LogP contribution in [-0.2, 0) is 11.3 Å². The zero-order chi connectivity index (χ0) is 12.3. The number of nitrogens with two attached hydrogens (primary N) is 1. The van der Waals surface area contributed by atoms with E-state index >= 15 is 0 Å². The lowest BCUT2D eigenvalue weighted by molar-refractivity contribution is -0.118. The van der Waals surface area contributed by atoms with Crippen LogP contribution in [0.1, 0.15) is 25.5 Å². The Morgan fingerprint density at radius 2 is 2.25 bits per heavy atom. The second kappa shape index (κ2) is 4.78. The van der Waals surface area contributed by atoms with Gasteiger partial charge in [-0.1, -0.05) is 13.8 Å². The second-order valence-electron chi connectivity index (χ2n) is 3.71. The fourth-order valence-corrected chi connectivity index (χ4v) is 1.31. The minimum absolute atomic E-state index is 0.0923. The van der Waals surface area contributed by atoms with Gasteiger partial charge in [-0.25, -0.2) is 4.68 Å². The molecule has 0 spiro atoms. The van der Waals surface area contributed by atoms with Crippen LogP contribution in [0, 0.1) is 0 Å². The maximum Gasteiger partial charge on any atom is 0.270 e. The molecule has 1 heterocycles. The van der Waals surface area contributed by atoms with E-state index in [0.29, 0.717) is 11.4 Å². The Morgan fingerprint density at radius 3 is 2.69 bits per heavy atom. The second-order valence-corrected chi connectivity index (χ2v) is 3.71. The molecular weight excluding hydrogens is 210 g/mol. The van der Waals surface area contributed by atoms with Crippen molar-refractivity contribution in [1.29, 1.82) is 0 Å². The van der Waals surface area contributed by atoms with Crippen molar-refractivity contribution in [2.24, 2.45) is 5.73 Å². The van der Waals surface area contributed by atoms with E-state index in [2.05, 4.69) is 5.10 Å². The summed E-state index contributed by atoms with van der Waals surface area (Å²) in [5.41, 5.74) is 5.25. The van der Waals surface area contributed by atoms with Crippen molar-refractivity contribution in [2.75, 3.05) is 7.11 Å². The van der Waals surface area contributed by atoms with E-state index in [1.165, 1.54) is 13.2 Å². The van der Waals surface area contributed by atoms with Gasteiger partial charge in [-0.15, -0.1) is 0 Å². The molecule has 0 aliphatic heterocycles. The maximum absolute atomic E-state index is 11.5. The molecule has 0 atom stereocenters. The number of ether oxygens (including phenoxy) is 1. The average molecular weight is 225 g/mol.